The summed E-state index contributed by atoms with van der Waals surface area (Å²) in [6.07, 6.45) is 1.77. The van der Waals surface area contributed by atoms with Crippen molar-refractivity contribution in [1.82, 2.24) is 20.4 Å². The molecule has 0 fully saturated rings. The number of benzene rings is 1. The molecule has 3 rings (SSSR count). The molecule has 0 saturated heterocycles. The zero-order valence-electron chi connectivity index (χ0n) is 14.2. The monoisotopic (exact) mass is 459 g/mol. The molecule has 0 atom stereocenters. The Kier molecular flexibility index (Phi) is 7.16. The number of aliphatic imine (C=N–C) groups is 1. The standard InChI is InChI=1S/C16H21N5O3.HI/c1-17-16(19-10-12-5-6-20-21(12)2)18-7-8-22-13-3-4-14-15(9-13)24-11-23-14;/h3-6,9H,7-8,10-11H2,1-2H3,(H2,17,18,19);1H. The topological polar surface area (TPSA) is 81.9 Å². The predicted octanol–water partition coefficient (Wildman–Crippen LogP) is 1.51. The number of nitrogens with one attached hydrogen (secondary N) is 2. The molecule has 0 bridgehead atoms. The molecule has 2 heterocycles. The van der Waals surface area contributed by atoms with Crippen LogP contribution >= 0.6 is 24.0 Å². The molecule has 9 heteroatoms. The second-order valence-electron chi connectivity index (χ2n) is 5.16. The fraction of sp³-hybridized carbons (Fsp3) is 0.375. The van der Waals surface area contributed by atoms with Crippen molar-refractivity contribution in [2.24, 2.45) is 12.0 Å². The van der Waals surface area contributed by atoms with Crippen LogP contribution in [0, 0.1) is 0 Å². The third kappa shape index (κ3) is 5.15. The summed E-state index contributed by atoms with van der Waals surface area (Å²) < 4.78 is 18.1. The third-order valence-electron chi connectivity index (χ3n) is 3.59. The Bertz CT molecular complexity index is 720. The molecule has 2 aromatic rings. The summed E-state index contributed by atoms with van der Waals surface area (Å²) in [7, 11) is 3.64. The number of hydrogen-bond acceptors (Lipinski definition) is 5. The number of hydrogen-bond donors (Lipinski definition) is 2. The highest BCUT2D eigenvalue weighted by Gasteiger charge is 2.13. The zero-order chi connectivity index (χ0) is 16.8. The maximum Gasteiger partial charge on any atom is 0.231 e. The number of halogens is 1. The molecule has 0 amide bonds. The van der Waals surface area contributed by atoms with Gasteiger partial charge in [0.05, 0.1) is 18.8 Å². The van der Waals surface area contributed by atoms with Gasteiger partial charge in [-0.1, -0.05) is 0 Å². The van der Waals surface area contributed by atoms with E-state index < -0.39 is 0 Å². The minimum Gasteiger partial charge on any atom is -0.492 e. The maximum absolute atomic E-state index is 5.70. The van der Waals surface area contributed by atoms with Crippen LogP contribution in [0.25, 0.3) is 0 Å². The molecule has 0 radical (unpaired) electrons. The van der Waals surface area contributed by atoms with Crippen molar-refractivity contribution >= 4 is 29.9 Å². The minimum absolute atomic E-state index is 0. The molecule has 1 aromatic carbocycles. The maximum atomic E-state index is 5.70. The van der Waals surface area contributed by atoms with Gasteiger partial charge in [0.25, 0.3) is 0 Å². The number of guanidine groups is 1. The number of ether oxygens (including phenoxy) is 3. The van der Waals surface area contributed by atoms with Crippen LogP contribution in [-0.4, -0.2) is 42.7 Å². The lowest BCUT2D eigenvalue weighted by Crippen LogP contribution is -2.39. The summed E-state index contributed by atoms with van der Waals surface area (Å²) >= 11 is 0. The Morgan fingerprint density at radius 1 is 1.28 bits per heavy atom. The van der Waals surface area contributed by atoms with E-state index in [0.29, 0.717) is 31.4 Å². The van der Waals surface area contributed by atoms with Crippen LogP contribution in [0.4, 0.5) is 0 Å². The van der Waals surface area contributed by atoms with Crippen LogP contribution in [-0.2, 0) is 13.6 Å². The lowest BCUT2D eigenvalue weighted by molar-refractivity contribution is 0.173. The number of fused-ring (bicyclic) bond motifs is 1. The summed E-state index contributed by atoms with van der Waals surface area (Å²) in [5.74, 6) is 2.93. The summed E-state index contributed by atoms with van der Waals surface area (Å²) in [5, 5.41) is 10.6. The summed E-state index contributed by atoms with van der Waals surface area (Å²) in [6, 6.07) is 7.50. The second kappa shape index (κ2) is 9.35. The van der Waals surface area contributed by atoms with E-state index in [2.05, 4.69) is 20.7 Å². The molecule has 1 aliphatic rings. The molecule has 8 nitrogen and oxygen atoms in total. The van der Waals surface area contributed by atoms with Gasteiger partial charge in [-0.05, 0) is 18.2 Å². The first kappa shape index (κ1) is 19.2. The molecular weight excluding hydrogens is 437 g/mol. The molecule has 0 unspecified atom stereocenters. The predicted molar refractivity (Wildman–Crippen MR) is 105 cm³/mol. The Balaban J connectivity index is 0.00000225. The third-order valence-corrected chi connectivity index (χ3v) is 3.59. The van der Waals surface area contributed by atoms with Gasteiger partial charge in [0, 0.05) is 26.4 Å². The zero-order valence-corrected chi connectivity index (χ0v) is 16.5. The largest absolute Gasteiger partial charge is 0.492 e. The first-order valence-electron chi connectivity index (χ1n) is 7.70. The first-order chi connectivity index (χ1) is 11.8. The Morgan fingerprint density at radius 2 is 2.12 bits per heavy atom. The Morgan fingerprint density at radius 3 is 2.88 bits per heavy atom. The van der Waals surface area contributed by atoms with Gasteiger partial charge >= 0.3 is 0 Å². The summed E-state index contributed by atoms with van der Waals surface area (Å²) in [6.45, 7) is 2.05. The highest BCUT2D eigenvalue weighted by molar-refractivity contribution is 14.0. The molecule has 2 N–H and O–H groups in total. The lowest BCUT2D eigenvalue weighted by Gasteiger charge is -2.12. The fourth-order valence-electron chi connectivity index (χ4n) is 2.27. The molecule has 1 aliphatic heterocycles. The molecular formula is C16H22IN5O3. The molecule has 0 spiro atoms. The van der Waals surface area contributed by atoms with Crippen LogP contribution in [0.15, 0.2) is 35.5 Å². The van der Waals surface area contributed by atoms with E-state index in [-0.39, 0.29) is 30.8 Å². The van der Waals surface area contributed by atoms with E-state index >= 15 is 0 Å². The normalized spacial score (nSPS) is 12.5. The van der Waals surface area contributed by atoms with Gasteiger partial charge in [-0.25, -0.2) is 0 Å². The van der Waals surface area contributed by atoms with Crippen molar-refractivity contribution in [1.29, 1.82) is 0 Å². The van der Waals surface area contributed by atoms with Gasteiger partial charge in [-0.15, -0.1) is 24.0 Å². The van der Waals surface area contributed by atoms with Crippen LogP contribution in [0.1, 0.15) is 5.69 Å². The average molecular weight is 459 g/mol. The van der Waals surface area contributed by atoms with Crippen LogP contribution < -0.4 is 24.8 Å². The van der Waals surface area contributed by atoms with Crippen molar-refractivity contribution < 1.29 is 14.2 Å². The summed E-state index contributed by atoms with van der Waals surface area (Å²) in [4.78, 5) is 4.18. The summed E-state index contributed by atoms with van der Waals surface area (Å²) in [5.41, 5.74) is 1.08. The van der Waals surface area contributed by atoms with Crippen molar-refractivity contribution in [3.8, 4) is 17.2 Å². The van der Waals surface area contributed by atoms with Crippen LogP contribution in [0.2, 0.25) is 0 Å². The van der Waals surface area contributed by atoms with Gasteiger partial charge in [-0.2, -0.15) is 5.10 Å². The van der Waals surface area contributed by atoms with E-state index in [1.54, 1.807) is 13.2 Å². The molecule has 0 aliphatic carbocycles. The van der Waals surface area contributed by atoms with Crippen molar-refractivity contribution in [3.05, 3.63) is 36.2 Å². The van der Waals surface area contributed by atoms with Crippen LogP contribution in [0.3, 0.4) is 0 Å². The molecule has 136 valence electrons. The molecule has 25 heavy (non-hydrogen) atoms. The van der Waals surface area contributed by atoms with Crippen molar-refractivity contribution in [3.63, 3.8) is 0 Å². The number of rotatable bonds is 6. The van der Waals surface area contributed by atoms with Gasteiger partial charge in [-0.3, -0.25) is 9.67 Å². The van der Waals surface area contributed by atoms with Gasteiger partial charge in [0.2, 0.25) is 6.79 Å². The van der Waals surface area contributed by atoms with Gasteiger partial charge < -0.3 is 24.8 Å². The van der Waals surface area contributed by atoms with Crippen LogP contribution in [0.5, 0.6) is 17.2 Å². The Hall–Kier alpha value is -2.17. The van der Waals surface area contributed by atoms with E-state index in [4.69, 9.17) is 14.2 Å². The number of aryl methyl sites for hydroxylation is 1. The van der Waals surface area contributed by atoms with Crippen molar-refractivity contribution in [2.45, 2.75) is 6.54 Å². The van der Waals surface area contributed by atoms with Crippen molar-refractivity contribution in [2.75, 3.05) is 27.0 Å². The van der Waals surface area contributed by atoms with E-state index in [0.717, 1.165) is 17.2 Å². The SMILES string of the molecule is CN=C(NCCOc1ccc2c(c1)OCO2)NCc1ccnn1C.I. The molecule has 0 saturated carbocycles. The smallest absolute Gasteiger partial charge is 0.231 e. The first-order valence-corrected chi connectivity index (χ1v) is 7.70. The highest BCUT2D eigenvalue weighted by atomic mass is 127. The second-order valence-corrected chi connectivity index (χ2v) is 5.16. The number of nitrogens with zero attached hydrogens (tertiary/aromatic N) is 3. The molecule has 1 aromatic heterocycles. The quantitative estimate of drug-likeness (QED) is 0.295. The number of aromatic nitrogens is 2. The van der Waals surface area contributed by atoms with Gasteiger partial charge in [0.1, 0.15) is 12.4 Å². The minimum atomic E-state index is 0. The van der Waals surface area contributed by atoms with E-state index in [1.807, 2.05) is 36.0 Å². The fourth-order valence-corrected chi connectivity index (χ4v) is 2.27. The Labute approximate surface area is 163 Å². The lowest BCUT2D eigenvalue weighted by atomic mass is 10.3. The van der Waals surface area contributed by atoms with Gasteiger partial charge in [0.15, 0.2) is 17.5 Å². The van der Waals surface area contributed by atoms with E-state index in [9.17, 15) is 0 Å². The average Bonchev–Trinajstić information content (AvgIpc) is 3.22. The van der Waals surface area contributed by atoms with E-state index in [1.165, 1.54) is 0 Å². The highest BCUT2D eigenvalue weighted by Crippen LogP contribution is 2.34.